The number of halogens is 1. The molecule has 1 aromatic heterocycles. The molecule has 0 aliphatic carbocycles. The van der Waals surface area contributed by atoms with Crippen LogP contribution in [0, 0.1) is 0 Å². The number of H-pyrrole nitrogens is 1. The number of amides is 1. The Kier molecular flexibility index (Phi) is 9.27. The van der Waals surface area contributed by atoms with Crippen LogP contribution in [0.15, 0.2) is 35.6 Å². The van der Waals surface area contributed by atoms with Crippen molar-refractivity contribution in [1.29, 1.82) is 0 Å². The Bertz CT molecular complexity index is 874. The normalized spacial score (nSPS) is 17.3. The number of carbonyl (C=O) groups is 1. The third-order valence-corrected chi connectivity index (χ3v) is 5.85. The molecule has 4 rings (SSSR count). The number of aromatic amines is 1. The van der Waals surface area contributed by atoms with Gasteiger partial charge in [0.2, 0.25) is 5.91 Å². The largest absolute Gasteiger partial charge is 0.357 e. The van der Waals surface area contributed by atoms with E-state index in [2.05, 4.69) is 49.4 Å². The number of hydrogen-bond donors (Lipinski definition) is 2. The van der Waals surface area contributed by atoms with E-state index >= 15 is 0 Å². The Hall–Kier alpha value is -2.21. The van der Waals surface area contributed by atoms with Gasteiger partial charge in [-0.05, 0) is 31.4 Å². The highest BCUT2D eigenvalue weighted by molar-refractivity contribution is 14.0. The zero-order chi connectivity index (χ0) is 21.5. The van der Waals surface area contributed by atoms with Crippen molar-refractivity contribution in [3.8, 4) is 11.4 Å². The maximum absolute atomic E-state index is 12.4. The fourth-order valence-electron chi connectivity index (χ4n) is 4.13. The zero-order valence-corrected chi connectivity index (χ0v) is 21.0. The van der Waals surface area contributed by atoms with E-state index in [1.807, 2.05) is 17.0 Å². The number of carbonyl (C=O) groups excluding carboxylic acids is 1. The van der Waals surface area contributed by atoms with Crippen molar-refractivity contribution < 1.29 is 4.79 Å². The first-order valence-electron chi connectivity index (χ1n) is 11.2. The molecule has 10 heteroatoms. The van der Waals surface area contributed by atoms with E-state index in [4.69, 9.17) is 4.99 Å². The first kappa shape index (κ1) is 24.4. The van der Waals surface area contributed by atoms with Gasteiger partial charge < -0.3 is 15.1 Å². The van der Waals surface area contributed by atoms with Gasteiger partial charge in [0.05, 0.1) is 13.1 Å². The second-order valence-corrected chi connectivity index (χ2v) is 8.06. The van der Waals surface area contributed by atoms with Crippen LogP contribution in [0.3, 0.4) is 0 Å². The van der Waals surface area contributed by atoms with E-state index in [0.29, 0.717) is 13.1 Å². The van der Waals surface area contributed by atoms with Gasteiger partial charge in [-0.1, -0.05) is 18.2 Å². The fraction of sp³-hybridized carbons (Fsp3) is 0.545. The summed E-state index contributed by atoms with van der Waals surface area (Å²) in [6.07, 6.45) is 3.80. The minimum absolute atomic E-state index is 0. The first-order valence-corrected chi connectivity index (χ1v) is 11.2. The van der Waals surface area contributed by atoms with Gasteiger partial charge in [-0.3, -0.25) is 14.8 Å². The number of benzene rings is 1. The van der Waals surface area contributed by atoms with Gasteiger partial charge in [-0.15, -0.1) is 24.0 Å². The third kappa shape index (κ3) is 6.41. The second kappa shape index (κ2) is 12.1. The molecule has 174 valence electrons. The summed E-state index contributed by atoms with van der Waals surface area (Å²) in [6, 6.07) is 8.21. The van der Waals surface area contributed by atoms with Crippen molar-refractivity contribution in [1.82, 2.24) is 35.2 Å². The Labute approximate surface area is 206 Å². The summed E-state index contributed by atoms with van der Waals surface area (Å²) >= 11 is 0. The lowest BCUT2D eigenvalue weighted by Gasteiger charge is -2.36. The minimum atomic E-state index is 0. The molecule has 2 saturated heterocycles. The number of nitrogens with zero attached hydrogens (tertiary/aromatic N) is 6. The molecule has 2 aliphatic heterocycles. The number of hydrogen-bond acceptors (Lipinski definition) is 5. The summed E-state index contributed by atoms with van der Waals surface area (Å²) in [5.74, 6) is 1.97. The van der Waals surface area contributed by atoms with Crippen molar-refractivity contribution in [2.45, 2.75) is 26.3 Å². The number of rotatable bonds is 6. The van der Waals surface area contributed by atoms with Crippen LogP contribution in [0.2, 0.25) is 0 Å². The number of guanidine groups is 1. The number of nitrogens with one attached hydrogen (secondary N) is 2. The standard InChI is InChI=1S/C22H32N8O.HI/c1-2-23-22(24-15-18-6-5-7-19(14-18)21-25-17-26-27-21)30-12-10-28(11-13-30)16-20(31)29-8-3-4-9-29;/h5-7,14,17H,2-4,8-13,15-16H2,1H3,(H,23,24)(H,25,26,27);1H. The molecule has 9 nitrogen and oxygen atoms in total. The van der Waals surface area contributed by atoms with Gasteiger partial charge in [-0.25, -0.2) is 9.98 Å². The predicted octanol–water partition coefficient (Wildman–Crippen LogP) is 1.80. The summed E-state index contributed by atoms with van der Waals surface area (Å²) in [5.41, 5.74) is 2.13. The van der Waals surface area contributed by atoms with E-state index in [-0.39, 0.29) is 29.9 Å². The molecule has 32 heavy (non-hydrogen) atoms. The van der Waals surface area contributed by atoms with Crippen molar-refractivity contribution in [2.24, 2.45) is 4.99 Å². The van der Waals surface area contributed by atoms with Crippen LogP contribution >= 0.6 is 24.0 Å². The van der Waals surface area contributed by atoms with Crippen LogP contribution in [0.4, 0.5) is 0 Å². The molecule has 3 heterocycles. The van der Waals surface area contributed by atoms with Gasteiger partial charge in [-0.2, -0.15) is 5.10 Å². The van der Waals surface area contributed by atoms with Gasteiger partial charge in [0.15, 0.2) is 11.8 Å². The summed E-state index contributed by atoms with van der Waals surface area (Å²) in [4.78, 5) is 28.1. The zero-order valence-electron chi connectivity index (χ0n) is 18.7. The van der Waals surface area contributed by atoms with Crippen LogP contribution in [0.5, 0.6) is 0 Å². The molecule has 0 atom stereocenters. The predicted molar refractivity (Wildman–Crippen MR) is 136 cm³/mol. The quantitative estimate of drug-likeness (QED) is 0.323. The molecule has 2 aromatic rings. The molecule has 0 saturated carbocycles. The van der Waals surface area contributed by atoms with E-state index in [9.17, 15) is 4.79 Å². The molecule has 2 aliphatic rings. The molecular weight excluding hydrogens is 519 g/mol. The summed E-state index contributed by atoms with van der Waals surface area (Å²) < 4.78 is 0. The SMILES string of the molecule is CCNC(=NCc1cccc(-c2ncn[nH]2)c1)N1CCN(CC(=O)N2CCCC2)CC1.I. The molecule has 0 bridgehead atoms. The summed E-state index contributed by atoms with van der Waals surface area (Å²) in [5, 5.41) is 10.2. The lowest BCUT2D eigenvalue weighted by molar-refractivity contribution is -0.131. The number of aliphatic imine (C=N–C) groups is 1. The van der Waals surface area contributed by atoms with Crippen molar-refractivity contribution in [3.05, 3.63) is 36.2 Å². The lowest BCUT2D eigenvalue weighted by Crippen LogP contribution is -2.54. The van der Waals surface area contributed by atoms with Crippen molar-refractivity contribution in [2.75, 3.05) is 52.4 Å². The molecule has 1 aromatic carbocycles. The summed E-state index contributed by atoms with van der Waals surface area (Å²) in [6.45, 7) is 9.40. The maximum atomic E-state index is 12.4. The smallest absolute Gasteiger partial charge is 0.236 e. The molecule has 0 unspecified atom stereocenters. The van der Waals surface area contributed by atoms with Gasteiger partial charge in [0, 0.05) is 51.4 Å². The monoisotopic (exact) mass is 552 g/mol. The molecule has 1 amide bonds. The maximum Gasteiger partial charge on any atom is 0.236 e. The van der Waals surface area contributed by atoms with E-state index in [0.717, 1.165) is 81.6 Å². The number of piperazine rings is 1. The second-order valence-electron chi connectivity index (χ2n) is 8.06. The Balaban J connectivity index is 0.00000289. The molecular formula is C22H33IN8O. The fourth-order valence-corrected chi connectivity index (χ4v) is 4.13. The number of likely N-dealkylation sites (tertiary alicyclic amines) is 1. The highest BCUT2D eigenvalue weighted by atomic mass is 127. The minimum Gasteiger partial charge on any atom is -0.357 e. The number of aromatic nitrogens is 3. The molecule has 2 N–H and O–H groups in total. The average molecular weight is 552 g/mol. The Morgan fingerprint density at radius 2 is 1.91 bits per heavy atom. The van der Waals surface area contributed by atoms with Gasteiger partial charge in [0.1, 0.15) is 6.33 Å². The Morgan fingerprint density at radius 1 is 1.12 bits per heavy atom. The van der Waals surface area contributed by atoms with Crippen LogP contribution in [-0.4, -0.2) is 94.1 Å². The average Bonchev–Trinajstić information content (AvgIpc) is 3.52. The first-order chi connectivity index (χ1) is 15.2. The molecule has 0 spiro atoms. The topological polar surface area (TPSA) is 92.7 Å². The Morgan fingerprint density at radius 3 is 2.59 bits per heavy atom. The highest BCUT2D eigenvalue weighted by Crippen LogP contribution is 2.16. The van der Waals surface area contributed by atoms with Gasteiger partial charge in [0.25, 0.3) is 0 Å². The third-order valence-electron chi connectivity index (χ3n) is 5.85. The molecule has 2 fully saturated rings. The van der Waals surface area contributed by atoms with Crippen LogP contribution in [-0.2, 0) is 11.3 Å². The van der Waals surface area contributed by atoms with E-state index in [1.165, 1.54) is 6.33 Å². The van der Waals surface area contributed by atoms with Crippen LogP contribution < -0.4 is 5.32 Å². The highest BCUT2D eigenvalue weighted by Gasteiger charge is 2.24. The van der Waals surface area contributed by atoms with Crippen molar-refractivity contribution >= 4 is 35.8 Å². The molecule has 0 radical (unpaired) electrons. The van der Waals surface area contributed by atoms with E-state index < -0.39 is 0 Å². The van der Waals surface area contributed by atoms with Crippen LogP contribution in [0.1, 0.15) is 25.3 Å². The summed E-state index contributed by atoms with van der Waals surface area (Å²) in [7, 11) is 0. The van der Waals surface area contributed by atoms with Crippen molar-refractivity contribution in [3.63, 3.8) is 0 Å². The van der Waals surface area contributed by atoms with Crippen LogP contribution in [0.25, 0.3) is 11.4 Å². The van der Waals surface area contributed by atoms with Gasteiger partial charge >= 0.3 is 0 Å². The van der Waals surface area contributed by atoms with E-state index in [1.54, 1.807) is 0 Å². The lowest BCUT2D eigenvalue weighted by atomic mass is 10.1.